The number of urea groups is 1. The molecular weight excluding hydrogens is 636 g/mol. The number of amides is 2. The number of carbonyl (C=O) groups is 1. The molecule has 3 rings (SSSR count). The molecular formula is C21H11Cl3F6N2NaO5S+. The Hall–Kier alpha value is -1.91. The zero-order valence-corrected chi connectivity index (χ0v) is 24.1. The van der Waals surface area contributed by atoms with E-state index in [1.54, 1.807) is 5.32 Å². The average Bonchev–Trinajstić information content (AvgIpc) is 2.75. The summed E-state index contributed by atoms with van der Waals surface area (Å²) in [6.45, 7) is 0. The molecule has 0 fully saturated rings. The van der Waals surface area contributed by atoms with E-state index < -0.39 is 66.7 Å². The van der Waals surface area contributed by atoms with Gasteiger partial charge < -0.3 is 15.4 Å². The molecule has 0 aliphatic rings. The molecule has 0 radical (unpaired) electrons. The predicted octanol–water partition coefficient (Wildman–Crippen LogP) is 5.37. The SMILES string of the molecule is O=C(Nc1cc(C(F)(F)F)cc(C(F)(F)F)c1)Nc1c(Oc2ccc(Cl)cc2Cl)ccc(Cl)c1S(=O)(=O)O.[Na+]. The molecule has 18 heteroatoms. The molecule has 0 unspecified atom stereocenters. The van der Waals surface area contributed by atoms with Crippen LogP contribution in [0.25, 0.3) is 0 Å². The van der Waals surface area contributed by atoms with Gasteiger partial charge in [-0.1, -0.05) is 34.8 Å². The number of benzene rings is 3. The van der Waals surface area contributed by atoms with E-state index in [9.17, 15) is 44.1 Å². The quantitative estimate of drug-likeness (QED) is 0.197. The van der Waals surface area contributed by atoms with E-state index in [1.807, 2.05) is 5.32 Å². The van der Waals surface area contributed by atoms with Gasteiger partial charge in [-0.05, 0) is 48.5 Å². The summed E-state index contributed by atoms with van der Waals surface area (Å²) in [6, 6.07) is 4.65. The van der Waals surface area contributed by atoms with Crippen molar-refractivity contribution in [3.8, 4) is 11.5 Å². The molecule has 0 aliphatic heterocycles. The summed E-state index contributed by atoms with van der Waals surface area (Å²) >= 11 is 17.7. The van der Waals surface area contributed by atoms with Crippen molar-refractivity contribution >= 4 is 62.3 Å². The summed E-state index contributed by atoms with van der Waals surface area (Å²) in [7, 11) is -5.17. The van der Waals surface area contributed by atoms with Crippen molar-refractivity contribution in [2.24, 2.45) is 0 Å². The van der Waals surface area contributed by atoms with Gasteiger partial charge >= 0.3 is 47.9 Å². The zero-order valence-electron chi connectivity index (χ0n) is 19.0. The molecule has 7 nitrogen and oxygen atoms in total. The fourth-order valence-corrected chi connectivity index (χ4v) is 4.60. The maximum absolute atomic E-state index is 13.1. The smallest absolute Gasteiger partial charge is 0.454 e. The maximum Gasteiger partial charge on any atom is 1.00 e. The molecule has 3 aromatic rings. The minimum Gasteiger partial charge on any atom is -0.454 e. The second kappa shape index (κ2) is 12.3. The third-order valence-electron chi connectivity index (χ3n) is 4.53. The first kappa shape index (κ1) is 33.3. The van der Waals surface area contributed by atoms with Crippen LogP contribution in [0.3, 0.4) is 0 Å². The number of nitrogens with one attached hydrogen (secondary N) is 2. The van der Waals surface area contributed by atoms with Crippen molar-refractivity contribution in [1.29, 1.82) is 0 Å². The van der Waals surface area contributed by atoms with E-state index in [4.69, 9.17) is 39.5 Å². The molecule has 0 atom stereocenters. The molecule has 3 N–H and O–H groups in total. The minimum atomic E-state index is -5.20. The Balaban J connectivity index is 0.00000533. The molecule has 0 aliphatic carbocycles. The van der Waals surface area contributed by atoms with Gasteiger partial charge in [0.1, 0.15) is 16.3 Å². The summed E-state index contributed by atoms with van der Waals surface area (Å²) < 4.78 is 118. The van der Waals surface area contributed by atoms with Crippen LogP contribution in [0.4, 0.5) is 42.5 Å². The van der Waals surface area contributed by atoms with E-state index in [1.165, 1.54) is 18.2 Å². The van der Waals surface area contributed by atoms with Crippen LogP contribution in [-0.2, 0) is 22.5 Å². The Morgan fingerprint density at radius 2 is 1.33 bits per heavy atom. The van der Waals surface area contributed by atoms with Crippen molar-refractivity contribution in [3.63, 3.8) is 0 Å². The second-order valence-corrected chi connectivity index (χ2v) is 9.88. The monoisotopic (exact) mass is 645 g/mol. The number of hydrogen-bond acceptors (Lipinski definition) is 4. The first-order valence-corrected chi connectivity index (χ1v) is 12.2. The molecule has 0 heterocycles. The Kier molecular flexibility index (Phi) is 10.5. The minimum absolute atomic E-state index is 0. The van der Waals surface area contributed by atoms with Crippen LogP contribution in [0.1, 0.15) is 11.1 Å². The molecule has 2 amide bonds. The first-order chi connectivity index (χ1) is 17.4. The summed E-state index contributed by atoms with van der Waals surface area (Å²) in [6.07, 6.45) is -10.4. The summed E-state index contributed by atoms with van der Waals surface area (Å²) in [5.41, 5.74) is -5.19. The van der Waals surface area contributed by atoms with Gasteiger partial charge in [-0.3, -0.25) is 4.55 Å². The van der Waals surface area contributed by atoms with E-state index in [0.717, 1.165) is 12.1 Å². The van der Waals surface area contributed by atoms with Gasteiger partial charge in [-0.15, -0.1) is 0 Å². The van der Waals surface area contributed by atoms with Gasteiger partial charge in [0.2, 0.25) is 0 Å². The summed E-state index contributed by atoms with van der Waals surface area (Å²) in [5.74, 6) is -0.600. The van der Waals surface area contributed by atoms with Gasteiger partial charge in [0, 0.05) is 10.7 Å². The van der Waals surface area contributed by atoms with Gasteiger partial charge in [0.05, 0.1) is 21.2 Å². The van der Waals surface area contributed by atoms with Crippen LogP contribution >= 0.6 is 34.8 Å². The molecule has 204 valence electrons. The van der Waals surface area contributed by atoms with Crippen LogP contribution in [0.15, 0.2) is 53.4 Å². The second-order valence-electron chi connectivity index (χ2n) is 7.28. The summed E-state index contributed by atoms with van der Waals surface area (Å²) in [4.78, 5) is 11.5. The molecule has 0 spiro atoms. The Morgan fingerprint density at radius 1 is 0.795 bits per heavy atom. The predicted molar refractivity (Wildman–Crippen MR) is 127 cm³/mol. The normalized spacial score (nSPS) is 11.9. The number of hydrogen-bond donors (Lipinski definition) is 3. The topological polar surface area (TPSA) is 105 Å². The van der Waals surface area contributed by atoms with Gasteiger partial charge in [0.15, 0.2) is 5.75 Å². The van der Waals surface area contributed by atoms with Crippen molar-refractivity contribution < 1.29 is 78.4 Å². The van der Waals surface area contributed by atoms with Gasteiger partial charge in [0.25, 0.3) is 10.1 Å². The van der Waals surface area contributed by atoms with Gasteiger partial charge in [-0.25, -0.2) is 4.79 Å². The number of rotatable bonds is 5. The fraction of sp³-hybridized carbons (Fsp3) is 0.0952. The number of carbonyl (C=O) groups excluding carboxylic acids is 1. The van der Waals surface area contributed by atoms with E-state index in [2.05, 4.69) is 0 Å². The standard InChI is InChI=1S/C21H11Cl3F6N2O5S.Na/c22-11-1-3-15(14(24)8-11)37-16-4-2-13(23)18(38(34,35)36)17(16)32-19(33)31-12-6-9(20(25,26)27)5-10(7-12)21(28,29)30;/h1-8H,(H2,31,32,33)(H,34,35,36);/q;+1. The van der Waals surface area contributed by atoms with Gasteiger partial charge in [-0.2, -0.15) is 34.8 Å². The van der Waals surface area contributed by atoms with Crippen molar-refractivity contribution in [2.45, 2.75) is 17.2 Å². The summed E-state index contributed by atoms with van der Waals surface area (Å²) in [5, 5.41) is 3.19. The van der Waals surface area contributed by atoms with Crippen LogP contribution in [0.5, 0.6) is 11.5 Å². The molecule has 39 heavy (non-hydrogen) atoms. The van der Waals surface area contributed by atoms with Crippen LogP contribution in [0.2, 0.25) is 15.1 Å². The largest absolute Gasteiger partial charge is 1.00 e. The molecule has 0 saturated carbocycles. The first-order valence-electron chi connectivity index (χ1n) is 9.66. The molecule has 0 saturated heterocycles. The molecule has 0 aromatic heterocycles. The van der Waals surface area contributed by atoms with E-state index in [0.29, 0.717) is 0 Å². The average molecular weight is 647 g/mol. The molecule has 3 aromatic carbocycles. The van der Waals surface area contributed by atoms with Crippen LogP contribution in [0, 0.1) is 0 Å². The van der Waals surface area contributed by atoms with Crippen LogP contribution in [-0.4, -0.2) is 19.0 Å². The Labute approximate surface area is 253 Å². The third kappa shape index (κ3) is 8.54. The number of anilines is 2. The maximum atomic E-state index is 13.1. The fourth-order valence-electron chi connectivity index (χ4n) is 2.97. The number of alkyl halides is 6. The molecule has 0 bridgehead atoms. The van der Waals surface area contributed by atoms with Crippen molar-refractivity contribution in [3.05, 3.63) is 74.7 Å². The van der Waals surface area contributed by atoms with Crippen molar-refractivity contribution in [1.82, 2.24) is 0 Å². The number of halogens is 9. The Bertz CT molecular complexity index is 1490. The van der Waals surface area contributed by atoms with E-state index >= 15 is 0 Å². The van der Waals surface area contributed by atoms with Crippen LogP contribution < -0.4 is 44.9 Å². The number of ether oxygens (including phenoxy) is 1. The Morgan fingerprint density at radius 3 is 1.82 bits per heavy atom. The van der Waals surface area contributed by atoms with E-state index in [-0.39, 0.29) is 63.6 Å². The third-order valence-corrected chi connectivity index (χ3v) is 6.42. The zero-order chi connectivity index (χ0) is 28.6. The van der Waals surface area contributed by atoms with Crippen molar-refractivity contribution in [2.75, 3.05) is 10.6 Å².